The maximum Gasteiger partial charge on any atom is 0.410 e. The zero-order valence-electron chi connectivity index (χ0n) is 22.1. The molecule has 0 saturated carbocycles. The molecule has 1 aliphatic carbocycles. The molecule has 3 heteroatoms. The summed E-state index contributed by atoms with van der Waals surface area (Å²) in [4.78, 5) is 15.5. The molecule has 3 nitrogen and oxygen atoms in total. The number of amides is 1. The summed E-state index contributed by atoms with van der Waals surface area (Å²) in [5.74, 6) is 0.0935. The summed E-state index contributed by atoms with van der Waals surface area (Å²) in [6.07, 6.45) is 7.29. The van der Waals surface area contributed by atoms with E-state index in [0.29, 0.717) is 6.61 Å². The van der Waals surface area contributed by atoms with E-state index in [2.05, 4.69) is 109 Å². The molecular weight excluding hydrogens is 478 g/mol. The number of ether oxygens (including phenoxy) is 1. The van der Waals surface area contributed by atoms with Crippen molar-refractivity contribution in [3.8, 4) is 22.3 Å². The standard InChI is InChI=1S/C36H33NO2/c38-36(39-24-35-33-15-6-4-13-31(33)32-14-5-7-16-34(32)35)37-29-11-8-12-30(37)23-26(22-29)21-25-17-19-28(20-18-25)27-9-2-1-3-10-27/h1-7,9-10,13-20,22,29-30,35H,8,11-12,21,23-24H2. The number of nitrogens with zero attached hydrogens (tertiary/aromatic N) is 1. The average Bonchev–Trinajstić information content (AvgIpc) is 3.30. The van der Waals surface area contributed by atoms with Gasteiger partial charge in [-0.1, -0.05) is 115 Å². The Bertz CT molecular complexity index is 1480. The Labute approximate surface area is 230 Å². The summed E-state index contributed by atoms with van der Waals surface area (Å²) in [6, 6.07) is 36.8. The fourth-order valence-corrected chi connectivity index (χ4v) is 6.91. The van der Waals surface area contributed by atoms with Crippen LogP contribution < -0.4 is 0 Å². The molecule has 2 unspecified atom stereocenters. The van der Waals surface area contributed by atoms with Gasteiger partial charge in [0, 0.05) is 12.0 Å². The van der Waals surface area contributed by atoms with E-state index in [4.69, 9.17) is 4.74 Å². The van der Waals surface area contributed by atoms with Gasteiger partial charge in [-0.2, -0.15) is 0 Å². The quantitative estimate of drug-likeness (QED) is 0.252. The van der Waals surface area contributed by atoms with E-state index in [1.165, 1.54) is 44.5 Å². The van der Waals surface area contributed by atoms with Crippen molar-refractivity contribution in [1.29, 1.82) is 0 Å². The van der Waals surface area contributed by atoms with Crippen LogP contribution in [0.4, 0.5) is 4.79 Å². The van der Waals surface area contributed by atoms with Gasteiger partial charge in [0.25, 0.3) is 0 Å². The minimum atomic E-state index is -0.158. The van der Waals surface area contributed by atoms with Crippen LogP contribution in [-0.2, 0) is 11.2 Å². The first-order chi connectivity index (χ1) is 19.2. The highest BCUT2D eigenvalue weighted by Crippen LogP contribution is 2.45. The highest BCUT2D eigenvalue weighted by Gasteiger charge is 2.38. The molecule has 0 aromatic heterocycles. The average molecular weight is 512 g/mol. The molecule has 0 radical (unpaired) electrons. The van der Waals surface area contributed by atoms with Crippen molar-refractivity contribution in [2.45, 2.75) is 50.1 Å². The van der Waals surface area contributed by atoms with Gasteiger partial charge >= 0.3 is 6.09 Å². The first-order valence-electron chi connectivity index (χ1n) is 14.2. The highest BCUT2D eigenvalue weighted by molar-refractivity contribution is 5.79. The fourth-order valence-electron chi connectivity index (χ4n) is 6.91. The molecule has 1 amide bonds. The Kier molecular flexibility index (Phi) is 6.28. The number of hydrogen-bond donors (Lipinski definition) is 0. The lowest BCUT2D eigenvalue weighted by Crippen LogP contribution is -2.52. The molecule has 2 atom stereocenters. The maximum atomic E-state index is 13.5. The van der Waals surface area contributed by atoms with E-state index in [9.17, 15) is 4.79 Å². The molecule has 0 spiro atoms. The van der Waals surface area contributed by atoms with Gasteiger partial charge in [0.2, 0.25) is 0 Å². The van der Waals surface area contributed by atoms with Crippen LogP contribution in [0.2, 0.25) is 0 Å². The van der Waals surface area contributed by atoms with Gasteiger partial charge in [-0.3, -0.25) is 4.90 Å². The minimum absolute atomic E-state index is 0.0935. The number of piperidine rings is 1. The van der Waals surface area contributed by atoms with Gasteiger partial charge in [-0.15, -0.1) is 0 Å². The number of benzene rings is 4. The lowest BCUT2D eigenvalue weighted by atomic mass is 9.83. The zero-order chi connectivity index (χ0) is 26.2. The van der Waals surface area contributed by atoms with E-state index in [-0.39, 0.29) is 24.1 Å². The summed E-state index contributed by atoms with van der Waals surface area (Å²) >= 11 is 0. The molecule has 2 heterocycles. The third-order valence-corrected chi connectivity index (χ3v) is 8.75. The Morgan fingerprint density at radius 2 is 1.38 bits per heavy atom. The van der Waals surface area contributed by atoms with Crippen molar-refractivity contribution in [1.82, 2.24) is 4.90 Å². The lowest BCUT2D eigenvalue weighted by molar-refractivity contribution is 0.0509. The Hall–Kier alpha value is -4.11. The number of carbonyl (C=O) groups excluding carboxylic acids is 1. The number of hydrogen-bond acceptors (Lipinski definition) is 2. The van der Waals surface area contributed by atoms with Crippen LogP contribution in [0.1, 0.15) is 48.3 Å². The molecule has 3 aliphatic rings. The van der Waals surface area contributed by atoms with E-state index in [0.717, 1.165) is 32.1 Å². The van der Waals surface area contributed by atoms with Gasteiger partial charge in [0.05, 0.1) is 6.04 Å². The topological polar surface area (TPSA) is 29.5 Å². The molecule has 1 saturated heterocycles. The lowest BCUT2D eigenvalue weighted by Gasteiger charge is -2.44. The van der Waals surface area contributed by atoms with Gasteiger partial charge in [-0.05, 0) is 71.0 Å². The second kappa shape index (κ2) is 10.2. The molecule has 39 heavy (non-hydrogen) atoms. The van der Waals surface area contributed by atoms with Crippen LogP contribution in [0.15, 0.2) is 115 Å². The SMILES string of the molecule is O=C(OCC1c2ccccc2-c2ccccc21)N1C2C=C(Cc3ccc(-c4ccccc4)cc3)CC1CCC2. The number of rotatable bonds is 5. The van der Waals surface area contributed by atoms with Crippen LogP contribution in [0.25, 0.3) is 22.3 Å². The number of fused-ring (bicyclic) bond motifs is 5. The van der Waals surface area contributed by atoms with Crippen molar-refractivity contribution in [2.24, 2.45) is 0 Å². The largest absolute Gasteiger partial charge is 0.448 e. The molecular formula is C36H33NO2. The molecule has 4 aromatic carbocycles. The van der Waals surface area contributed by atoms with Crippen molar-refractivity contribution in [3.05, 3.63) is 131 Å². The summed E-state index contributed by atoms with van der Waals surface area (Å²) in [7, 11) is 0. The molecule has 2 bridgehead atoms. The fraction of sp³-hybridized carbons (Fsp3) is 0.250. The van der Waals surface area contributed by atoms with Gasteiger partial charge < -0.3 is 4.74 Å². The van der Waals surface area contributed by atoms with Crippen LogP contribution in [0.5, 0.6) is 0 Å². The zero-order valence-corrected chi connectivity index (χ0v) is 22.1. The minimum Gasteiger partial charge on any atom is -0.448 e. The molecule has 2 aliphatic heterocycles. The third kappa shape index (κ3) is 4.57. The predicted octanol–water partition coefficient (Wildman–Crippen LogP) is 8.40. The van der Waals surface area contributed by atoms with Crippen LogP contribution in [0, 0.1) is 0 Å². The smallest absolute Gasteiger partial charge is 0.410 e. The van der Waals surface area contributed by atoms with E-state index < -0.39 is 0 Å². The first-order valence-corrected chi connectivity index (χ1v) is 14.2. The van der Waals surface area contributed by atoms with Crippen molar-refractivity contribution < 1.29 is 9.53 Å². The van der Waals surface area contributed by atoms with Gasteiger partial charge in [-0.25, -0.2) is 4.79 Å². The summed E-state index contributed by atoms with van der Waals surface area (Å²) in [5.41, 5.74) is 10.3. The van der Waals surface area contributed by atoms with Gasteiger partial charge in [0.1, 0.15) is 6.61 Å². The predicted molar refractivity (Wildman–Crippen MR) is 157 cm³/mol. The maximum absolute atomic E-state index is 13.5. The molecule has 4 aromatic rings. The Morgan fingerprint density at radius 3 is 2.08 bits per heavy atom. The number of carbonyl (C=O) groups is 1. The molecule has 7 rings (SSSR count). The van der Waals surface area contributed by atoms with E-state index >= 15 is 0 Å². The summed E-state index contributed by atoms with van der Waals surface area (Å²) in [5, 5.41) is 0. The third-order valence-electron chi connectivity index (χ3n) is 8.75. The van der Waals surface area contributed by atoms with E-state index in [1.54, 1.807) is 0 Å². The summed E-state index contributed by atoms with van der Waals surface area (Å²) in [6.45, 7) is 0.382. The van der Waals surface area contributed by atoms with Crippen LogP contribution >= 0.6 is 0 Å². The van der Waals surface area contributed by atoms with Crippen molar-refractivity contribution in [2.75, 3.05) is 6.61 Å². The van der Waals surface area contributed by atoms with Gasteiger partial charge in [0.15, 0.2) is 0 Å². The van der Waals surface area contributed by atoms with Crippen molar-refractivity contribution >= 4 is 6.09 Å². The second-order valence-electron chi connectivity index (χ2n) is 11.1. The van der Waals surface area contributed by atoms with Crippen LogP contribution in [0.3, 0.4) is 0 Å². The molecule has 0 N–H and O–H groups in total. The normalized spacial score (nSPS) is 19.7. The first kappa shape index (κ1) is 24.0. The van der Waals surface area contributed by atoms with Crippen molar-refractivity contribution in [3.63, 3.8) is 0 Å². The molecule has 1 fully saturated rings. The Morgan fingerprint density at radius 1 is 0.744 bits per heavy atom. The van der Waals surface area contributed by atoms with E-state index in [1.807, 2.05) is 4.90 Å². The van der Waals surface area contributed by atoms with Crippen LogP contribution in [-0.4, -0.2) is 29.7 Å². The summed E-state index contributed by atoms with van der Waals surface area (Å²) < 4.78 is 6.08. The monoisotopic (exact) mass is 511 g/mol. The Balaban J connectivity index is 1.04. The second-order valence-corrected chi connectivity index (χ2v) is 11.1. The molecule has 194 valence electrons. The highest BCUT2D eigenvalue weighted by atomic mass is 16.6.